The van der Waals surface area contributed by atoms with Gasteiger partial charge in [-0.05, 0) is 55.7 Å². The van der Waals surface area contributed by atoms with Gasteiger partial charge in [-0.2, -0.15) is 11.8 Å². The minimum absolute atomic E-state index is 0.726. The molecule has 1 aliphatic carbocycles. The molecule has 1 spiro atoms. The summed E-state index contributed by atoms with van der Waals surface area (Å²) in [7, 11) is 2.11. The van der Waals surface area contributed by atoms with Gasteiger partial charge in [0.15, 0.2) is 0 Å². The van der Waals surface area contributed by atoms with Crippen molar-refractivity contribution in [1.29, 1.82) is 0 Å². The van der Waals surface area contributed by atoms with Crippen molar-refractivity contribution in [2.24, 2.45) is 11.3 Å². The molecule has 1 saturated heterocycles. The monoisotopic (exact) mass is 213 g/mol. The molecule has 0 aromatic carbocycles. The molecular formula is C12H23NS. The lowest BCUT2D eigenvalue weighted by Gasteiger charge is -2.46. The van der Waals surface area contributed by atoms with Crippen molar-refractivity contribution in [2.75, 3.05) is 25.1 Å². The maximum absolute atomic E-state index is 3.40. The molecule has 2 fully saturated rings. The van der Waals surface area contributed by atoms with Gasteiger partial charge in [0.25, 0.3) is 0 Å². The predicted molar refractivity (Wildman–Crippen MR) is 64.9 cm³/mol. The molecule has 1 N–H and O–H groups in total. The molecule has 0 aromatic heterocycles. The SMILES string of the molecule is CNCC1CCSCC12CCCCC2. The molecule has 1 unspecified atom stereocenters. The Balaban J connectivity index is 2.02. The van der Waals surface area contributed by atoms with E-state index in [2.05, 4.69) is 24.1 Å². The summed E-state index contributed by atoms with van der Waals surface area (Å²) in [6, 6.07) is 0. The zero-order valence-corrected chi connectivity index (χ0v) is 10.2. The van der Waals surface area contributed by atoms with Crippen LogP contribution in [0.25, 0.3) is 0 Å². The van der Waals surface area contributed by atoms with E-state index in [-0.39, 0.29) is 0 Å². The van der Waals surface area contributed by atoms with Crippen LogP contribution in [0.2, 0.25) is 0 Å². The molecule has 1 nitrogen and oxygen atoms in total. The van der Waals surface area contributed by atoms with Gasteiger partial charge in [-0.25, -0.2) is 0 Å². The Bertz CT molecular complexity index is 165. The summed E-state index contributed by atoms with van der Waals surface area (Å²) in [6.07, 6.45) is 8.92. The highest BCUT2D eigenvalue weighted by Crippen LogP contribution is 2.49. The second kappa shape index (κ2) is 4.89. The molecule has 2 rings (SSSR count). The highest BCUT2D eigenvalue weighted by atomic mass is 32.2. The number of thioether (sulfide) groups is 1. The largest absolute Gasteiger partial charge is 0.319 e. The van der Waals surface area contributed by atoms with Crippen molar-refractivity contribution in [3.63, 3.8) is 0 Å². The summed E-state index contributed by atoms with van der Waals surface area (Å²) < 4.78 is 0. The van der Waals surface area contributed by atoms with Gasteiger partial charge in [0.05, 0.1) is 0 Å². The van der Waals surface area contributed by atoms with E-state index in [1.807, 2.05) is 0 Å². The zero-order chi connectivity index (χ0) is 9.86. The van der Waals surface area contributed by atoms with Gasteiger partial charge < -0.3 is 5.32 Å². The Kier molecular flexibility index (Phi) is 3.78. The highest BCUT2D eigenvalue weighted by molar-refractivity contribution is 7.99. The van der Waals surface area contributed by atoms with Crippen molar-refractivity contribution >= 4 is 11.8 Å². The zero-order valence-electron chi connectivity index (χ0n) is 9.35. The minimum atomic E-state index is 0.726. The third-order valence-corrected chi connectivity index (χ3v) is 5.47. The van der Waals surface area contributed by atoms with Crippen LogP contribution in [0.5, 0.6) is 0 Å². The maximum atomic E-state index is 3.40. The predicted octanol–water partition coefficient (Wildman–Crippen LogP) is 2.91. The summed E-state index contributed by atoms with van der Waals surface area (Å²) in [6.45, 7) is 1.25. The van der Waals surface area contributed by atoms with Crippen LogP contribution in [0.4, 0.5) is 0 Å². The quantitative estimate of drug-likeness (QED) is 0.757. The standard InChI is InChI=1S/C12H23NS/c1-13-9-11-5-8-14-10-12(11)6-3-2-4-7-12/h11,13H,2-10H2,1H3. The van der Waals surface area contributed by atoms with Crippen LogP contribution in [0.15, 0.2) is 0 Å². The third kappa shape index (κ3) is 2.11. The lowest BCUT2D eigenvalue weighted by Crippen LogP contribution is -2.42. The summed E-state index contributed by atoms with van der Waals surface area (Å²) in [5, 5.41) is 3.40. The van der Waals surface area contributed by atoms with Crippen LogP contribution in [0.1, 0.15) is 38.5 Å². The van der Waals surface area contributed by atoms with Crippen molar-refractivity contribution < 1.29 is 0 Å². The van der Waals surface area contributed by atoms with Crippen molar-refractivity contribution in [3.8, 4) is 0 Å². The van der Waals surface area contributed by atoms with Crippen molar-refractivity contribution in [3.05, 3.63) is 0 Å². The normalized spacial score (nSPS) is 31.9. The molecule has 1 heterocycles. The molecule has 1 aliphatic heterocycles. The van der Waals surface area contributed by atoms with Gasteiger partial charge >= 0.3 is 0 Å². The van der Waals surface area contributed by atoms with E-state index in [1.54, 1.807) is 0 Å². The molecule has 0 aromatic rings. The summed E-state index contributed by atoms with van der Waals surface area (Å²) in [5.74, 6) is 3.81. The molecule has 0 amide bonds. The van der Waals surface area contributed by atoms with E-state index in [9.17, 15) is 0 Å². The fourth-order valence-electron chi connectivity index (χ4n) is 3.30. The minimum Gasteiger partial charge on any atom is -0.319 e. The molecule has 2 aliphatic rings. The molecule has 0 radical (unpaired) electrons. The topological polar surface area (TPSA) is 12.0 Å². The van der Waals surface area contributed by atoms with Gasteiger partial charge in [-0.1, -0.05) is 19.3 Å². The van der Waals surface area contributed by atoms with Crippen LogP contribution in [0, 0.1) is 11.3 Å². The number of rotatable bonds is 2. The Hall–Kier alpha value is 0.310. The van der Waals surface area contributed by atoms with Gasteiger partial charge in [0, 0.05) is 0 Å². The molecule has 0 bridgehead atoms. The lowest BCUT2D eigenvalue weighted by atomic mass is 9.66. The number of nitrogens with one attached hydrogen (secondary N) is 1. The van der Waals surface area contributed by atoms with E-state index in [4.69, 9.17) is 0 Å². The van der Waals surface area contributed by atoms with Crippen LogP contribution >= 0.6 is 11.8 Å². The Morgan fingerprint density at radius 2 is 2.07 bits per heavy atom. The molecule has 82 valence electrons. The fraction of sp³-hybridized carbons (Fsp3) is 1.00. The second-order valence-electron chi connectivity index (χ2n) is 5.02. The first-order valence-corrected chi connectivity index (χ1v) is 7.25. The average Bonchev–Trinajstić information content (AvgIpc) is 2.23. The summed E-state index contributed by atoms with van der Waals surface area (Å²) in [5.41, 5.74) is 0.726. The second-order valence-corrected chi connectivity index (χ2v) is 6.12. The average molecular weight is 213 g/mol. The first-order valence-electron chi connectivity index (χ1n) is 6.10. The Morgan fingerprint density at radius 3 is 2.79 bits per heavy atom. The van der Waals surface area contributed by atoms with Crippen molar-refractivity contribution in [1.82, 2.24) is 5.32 Å². The molecule has 1 atom stereocenters. The van der Waals surface area contributed by atoms with E-state index >= 15 is 0 Å². The maximum Gasteiger partial charge on any atom is -0.000767 e. The van der Waals surface area contributed by atoms with E-state index in [1.165, 1.54) is 56.6 Å². The number of hydrogen-bond acceptors (Lipinski definition) is 2. The highest BCUT2D eigenvalue weighted by Gasteiger charge is 2.40. The van der Waals surface area contributed by atoms with Gasteiger partial charge in [-0.3, -0.25) is 0 Å². The van der Waals surface area contributed by atoms with Crippen LogP contribution < -0.4 is 5.32 Å². The van der Waals surface area contributed by atoms with Crippen molar-refractivity contribution in [2.45, 2.75) is 38.5 Å². The molecule has 1 saturated carbocycles. The van der Waals surface area contributed by atoms with E-state index in [0.29, 0.717) is 0 Å². The Labute approximate surface area is 92.4 Å². The first kappa shape index (κ1) is 10.8. The van der Waals surface area contributed by atoms with Gasteiger partial charge in [-0.15, -0.1) is 0 Å². The van der Waals surface area contributed by atoms with E-state index in [0.717, 1.165) is 11.3 Å². The number of hydrogen-bond donors (Lipinski definition) is 1. The van der Waals surface area contributed by atoms with Crippen LogP contribution in [-0.4, -0.2) is 25.1 Å². The van der Waals surface area contributed by atoms with E-state index < -0.39 is 0 Å². The van der Waals surface area contributed by atoms with Gasteiger partial charge in [0.1, 0.15) is 0 Å². The fourth-order valence-corrected chi connectivity index (χ4v) is 4.82. The molecule has 2 heteroatoms. The van der Waals surface area contributed by atoms with Crippen LogP contribution in [0.3, 0.4) is 0 Å². The first-order chi connectivity index (χ1) is 6.87. The van der Waals surface area contributed by atoms with Gasteiger partial charge in [0.2, 0.25) is 0 Å². The molecule has 14 heavy (non-hydrogen) atoms. The lowest BCUT2D eigenvalue weighted by molar-refractivity contribution is 0.116. The summed E-state index contributed by atoms with van der Waals surface area (Å²) >= 11 is 2.20. The van der Waals surface area contributed by atoms with Crippen LogP contribution in [-0.2, 0) is 0 Å². The smallest absolute Gasteiger partial charge is 0.000767 e. The third-order valence-electron chi connectivity index (χ3n) is 4.17. The Morgan fingerprint density at radius 1 is 1.29 bits per heavy atom. The molecular weight excluding hydrogens is 190 g/mol. The summed E-state index contributed by atoms with van der Waals surface area (Å²) in [4.78, 5) is 0.